The van der Waals surface area contributed by atoms with Crippen LogP contribution in [0.15, 0.2) is 91.3 Å². The first-order valence-corrected chi connectivity index (χ1v) is 10.6. The van der Waals surface area contributed by atoms with Crippen LogP contribution in [-0.4, -0.2) is 17.2 Å². The van der Waals surface area contributed by atoms with Crippen LogP contribution in [0.5, 0.6) is 0 Å². The van der Waals surface area contributed by atoms with E-state index in [0.717, 1.165) is 7.11 Å². The third-order valence-electron chi connectivity index (χ3n) is 5.81. The van der Waals surface area contributed by atoms with Crippen molar-refractivity contribution in [2.45, 2.75) is 25.7 Å². The monoisotopic (exact) mass is 393 g/mol. The Hall–Kier alpha value is -3.23. The molecule has 0 fully saturated rings. The number of aryl methyl sites for hydroxylation is 2. The highest BCUT2D eigenvalue weighted by Gasteiger charge is 2.13. The summed E-state index contributed by atoms with van der Waals surface area (Å²) in [5, 5.41) is 15.1. The molecule has 0 amide bonds. The van der Waals surface area contributed by atoms with Gasteiger partial charge in [0.15, 0.2) is 0 Å². The van der Waals surface area contributed by atoms with Gasteiger partial charge in [0.1, 0.15) is 0 Å². The van der Waals surface area contributed by atoms with Crippen LogP contribution < -0.4 is 0 Å². The molecule has 2 heteroatoms. The fourth-order valence-electron chi connectivity index (χ4n) is 4.37. The van der Waals surface area contributed by atoms with Gasteiger partial charge in [-0.1, -0.05) is 72.8 Å². The molecule has 150 valence electrons. The first-order valence-electron chi connectivity index (χ1n) is 10.6. The van der Waals surface area contributed by atoms with Crippen molar-refractivity contribution in [1.29, 1.82) is 0 Å². The number of hydrogen-bond acceptors (Lipinski definition) is 2. The van der Waals surface area contributed by atoms with Gasteiger partial charge < -0.3 is 5.11 Å². The van der Waals surface area contributed by atoms with Crippen molar-refractivity contribution in [2.24, 2.45) is 0 Å². The van der Waals surface area contributed by atoms with E-state index in [1.807, 2.05) is 30.6 Å². The number of aliphatic hydroxyl groups is 1. The fraction of sp³-hybridized carbons (Fsp3) is 0.179. The molecule has 30 heavy (non-hydrogen) atoms. The summed E-state index contributed by atoms with van der Waals surface area (Å²) in [6.45, 7) is 0. The van der Waals surface area contributed by atoms with E-state index in [4.69, 9.17) is 5.11 Å². The van der Waals surface area contributed by atoms with Gasteiger partial charge in [0.05, 0.1) is 0 Å². The van der Waals surface area contributed by atoms with Crippen LogP contribution in [0.1, 0.15) is 24.0 Å². The standard InChI is InChI=1S/C18H16.C9H7N.CH4O/c1-3-7-15-13(5-1)9-11-18-16-8-4-2-6-14(16)10-12-17(15)18;1-2-4-9-7-10-6-5-8(9)3-1;1-2/h1,3,5,7,9-12H,2,4,6,8H2;1-7H;2H,1H3. The van der Waals surface area contributed by atoms with Crippen molar-refractivity contribution in [3.63, 3.8) is 0 Å². The molecule has 1 heterocycles. The van der Waals surface area contributed by atoms with Crippen molar-refractivity contribution < 1.29 is 5.11 Å². The van der Waals surface area contributed by atoms with Crippen LogP contribution in [-0.2, 0) is 12.8 Å². The number of pyridine rings is 1. The summed E-state index contributed by atoms with van der Waals surface area (Å²) < 4.78 is 0. The van der Waals surface area contributed by atoms with Crippen LogP contribution in [0.2, 0.25) is 0 Å². The average Bonchev–Trinajstić information content (AvgIpc) is 2.85. The molecule has 1 N–H and O–H groups in total. The molecule has 1 aliphatic rings. The van der Waals surface area contributed by atoms with Gasteiger partial charge >= 0.3 is 0 Å². The molecule has 0 aliphatic heterocycles. The maximum absolute atomic E-state index is 7.00. The molecule has 4 aromatic carbocycles. The molecule has 0 saturated heterocycles. The second-order valence-electron chi connectivity index (χ2n) is 7.51. The number of hydrogen-bond donors (Lipinski definition) is 1. The van der Waals surface area contributed by atoms with E-state index in [2.05, 4.69) is 65.6 Å². The summed E-state index contributed by atoms with van der Waals surface area (Å²) in [5.74, 6) is 0. The normalized spacial score (nSPS) is 12.5. The molecule has 5 aromatic rings. The summed E-state index contributed by atoms with van der Waals surface area (Å²) >= 11 is 0. The zero-order chi connectivity index (χ0) is 20.8. The van der Waals surface area contributed by atoms with Gasteiger partial charge in [0.2, 0.25) is 0 Å². The van der Waals surface area contributed by atoms with Crippen molar-refractivity contribution in [3.05, 3.63) is 102 Å². The molecule has 0 atom stereocenters. The number of benzene rings is 4. The Kier molecular flexibility index (Phi) is 6.36. The molecule has 0 saturated carbocycles. The van der Waals surface area contributed by atoms with Gasteiger partial charge in [0.25, 0.3) is 0 Å². The quantitative estimate of drug-likeness (QED) is 0.296. The third-order valence-corrected chi connectivity index (χ3v) is 5.81. The predicted octanol–water partition coefficient (Wildman–Crippen LogP) is 6.72. The van der Waals surface area contributed by atoms with Crippen LogP contribution in [0.3, 0.4) is 0 Å². The number of aromatic nitrogens is 1. The predicted molar refractivity (Wildman–Crippen MR) is 128 cm³/mol. The van der Waals surface area contributed by atoms with Crippen molar-refractivity contribution in [2.75, 3.05) is 7.11 Å². The summed E-state index contributed by atoms with van der Waals surface area (Å²) in [7, 11) is 1.00. The molecule has 1 aliphatic carbocycles. The van der Waals surface area contributed by atoms with E-state index >= 15 is 0 Å². The van der Waals surface area contributed by atoms with Crippen molar-refractivity contribution in [1.82, 2.24) is 4.98 Å². The Morgan fingerprint density at radius 2 is 1.30 bits per heavy atom. The van der Waals surface area contributed by atoms with Gasteiger partial charge in [0, 0.05) is 19.5 Å². The highest BCUT2D eigenvalue weighted by molar-refractivity contribution is 6.08. The van der Waals surface area contributed by atoms with Crippen molar-refractivity contribution in [3.8, 4) is 0 Å². The number of nitrogens with zero attached hydrogens (tertiary/aromatic N) is 1. The maximum Gasteiger partial charge on any atom is 0.0346 e. The molecular weight excluding hydrogens is 366 g/mol. The van der Waals surface area contributed by atoms with Crippen LogP contribution in [0.4, 0.5) is 0 Å². The van der Waals surface area contributed by atoms with E-state index in [0.29, 0.717) is 0 Å². The minimum absolute atomic E-state index is 1.00. The lowest BCUT2D eigenvalue weighted by Crippen LogP contribution is -2.02. The Labute approximate surface area is 177 Å². The van der Waals surface area contributed by atoms with Crippen LogP contribution in [0.25, 0.3) is 32.3 Å². The van der Waals surface area contributed by atoms with Crippen LogP contribution >= 0.6 is 0 Å². The Morgan fingerprint density at radius 3 is 2.13 bits per heavy atom. The first-order chi connectivity index (χ1) is 14.9. The lowest BCUT2D eigenvalue weighted by molar-refractivity contribution is 0.399. The molecule has 1 aromatic heterocycles. The number of fused-ring (bicyclic) bond motifs is 6. The van der Waals surface area contributed by atoms with E-state index in [-0.39, 0.29) is 0 Å². The van der Waals surface area contributed by atoms with E-state index in [9.17, 15) is 0 Å². The summed E-state index contributed by atoms with van der Waals surface area (Å²) in [6.07, 6.45) is 8.89. The van der Waals surface area contributed by atoms with Crippen molar-refractivity contribution >= 4 is 32.3 Å². The Bertz CT molecular complexity index is 1210. The SMILES string of the molecule is CO.c1ccc2c(c1)ccc1c3c(ccc12)CCCC3.c1ccc2cnccc2c1. The second-order valence-corrected chi connectivity index (χ2v) is 7.51. The van der Waals surface area contributed by atoms with Gasteiger partial charge in [-0.3, -0.25) is 4.98 Å². The molecule has 2 nitrogen and oxygen atoms in total. The smallest absolute Gasteiger partial charge is 0.0346 e. The molecule has 0 radical (unpaired) electrons. The zero-order valence-corrected chi connectivity index (χ0v) is 17.4. The molecule has 0 bridgehead atoms. The highest BCUT2D eigenvalue weighted by atomic mass is 16.2. The highest BCUT2D eigenvalue weighted by Crippen LogP contribution is 2.33. The zero-order valence-electron chi connectivity index (χ0n) is 17.4. The number of rotatable bonds is 0. The van der Waals surface area contributed by atoms with E-state index in [1.54, 1.807) is 11.1 Å². The van der Waals surface area contributed by atoms with Gasteiger partial charge in [-0.15, -0.1) is 0 Å². The minimum atomic E-state index is 1.00. The van der Waals surface area contributed by atoms with Crippen LogP contribution in [0, 0.1) is 0 Å². The Morgan fingerprint density at radius 1 is 0.600 bits per heavy atom. The maximum atomic E-state index is 7.00. The summed E-state index contributed by atoms with van der Waals surface area (Å²) in [4.78, 5) is 4.01. The average molecular weight is 394 g/mol. The van der Waals surface area contributed by atoms with Gasteiger partial charge in [-0.05, 0) is 75.2 Å². The number of aliphatic hydroxyl groups excluding tert-OH is 1. The third kappa shape index (κ3) is 4.05. The topological polar surface area (TPSA) is 33.1 Å². The van der Waals surface area contributed by atoms with Gasteiger partial charge in [-0.2, -0.15) is 0 Å². The molecule has 6 rings (SSSR count). The lowest BCUT2D eigenvalue weighted by Gasteiger charge is -2.18. The molecule has 0 unspecified atom stereocenters. The molecule has 0 spiro atoms. The second kappa shape index (κ2) is 9.51. The summed E-state index contributed by atoms with van der Waals surface area (Å²) in [6, 6.07) is 28.2. The minimum Gasteiger partial charge on any atom is -0.400 e. The van der Waals surface area contributed by atoms with Gasteiger partial charge in [-0.25, -0.2) is 0 Å². The first kappa shape index (κ1) is 20.1. The summed E-state index contributed by atoms with van der Waals surface area (Å²) in [5.41, 5.74) is 3.17. The fourth-order valence-corrected chi connectivity index (χ4v) is 4.37. The van der Waals surface area contributed by atoms with E-state index in [1.165, 1.54) is 58.0 Å². The van der Waals surface area contributed by atoms with E-state index < -0.39 is 0 Å². The Balaban J connectivity index is 0.000000154. The molecular formula is C28H27NO. The largest absolute Gasteiger partial charge is 0.400 e. The lowest BCUT2D eigenvalue weighted by atomic mass is 9.86.